The number of rotatable bonds is 2. The van der Waals surface area contributed by atoms with Crippen LogP contribution in [0.4, 0.5) is 8.78 Å². The van der Waals surface area contributed by atoms with Crippen molar-refractivity contribution in [2.45, 2.75) is 32.4 Å². The van der Waals surface area contributed by atoms with Crippen LogP contribution in [0.3, 0.4) is 0 Å². The van der Waals surface area contributed by atoms with Crippen molar-refractivity contribution >= 4 is 5.91 Å². The molecule has 2 heterocycles. The fourth-order valence-electron chi connectivity index (χ4n) is 2.58. The number of oxazole rings is 1. The molecular formula is C16H17F2N3O2. The van der Waals surface area contributed by atoms with Crippen LogP contribution in [-0.4, -0.2) is 27.9 Å². The topological polar surface area (TPSA) is 72.4 Å². The fraction of sp³-hybridized carbons (Fsp3) is 0.375. The molecule has 5 nitrogen and oxygen atoms in total. The molecular weight excluding hydrogens is 304 g/mol. The number of nitrogens with two attached hydrogens (primary N) is 1. The maximum Gasteiger partial charge on any atom is 0.242 e. The van der Waals surface area contributed by atoms with E-state index >= 15 is 0 Å². The number of hydrogen-bond acceptors (Lipinski definition) is 4. The van der Waals surface area contributed by atoms with Gasteiger partial charge in [-0.05, 0) is 26.0 Å². The molecule has 23 heavy (non-hydrogen) atoms. The molecule has 2 N–H and O–H groups in total. The highest BCUT2D eigenvalue weighted by Crippen LogP contribution is 2.27. The van der Waals surface area contributed by atoms with Crippen LogP contribution in [0.25, 0.3) is 11.5 Å². The van der Waals surface area contributed by atoms with E-state index in [2.05, 4.69) is 4.98 Å². The van der Waals surface area contributed by atoms with Gasteiger partial charge in [0.1, 0.15) is 23.1 Å². The smallest absolute Gasteiger partial charge is 0.242 e. The monoisotopic (exact) mass is 321 g/mol. The minimum atomic E-state index is -0.963. The lowest BCUT2D eigenvalue weighted by atomic mass is 10.0. The van der Waals surface area contributed by atoms with Crippen molar-refractivity contribution in [1.82, 2.24) is 9.88 Å². The first-order chi connectivity index (χ1) is 10.7. The number of halogens is 2. The van der Waals surface area contributed by atoms with Gasteiger partial charge in [0.15, 0.2) is 0 Å². The van der Waals surface area contributed by atoms with Crippen molar-refractivity contribution in [3.8, 4) is 11.5 Å². The van der Waals surface area contributed by atoms with Crippen LogP contribution >= 0.6 is 0 Å². The molecule has 2 aromatic rings. The van der Waals surface area contributed by atoms with E-state index in [0.717, 1.165) is 18.2 Å². The Balaban J connectivity index is 1.88. The molecule has 0 atom stereocenters. The Morgan fingerprint density at radius 3 is 2.57 bits per heavy atom. The molecule has 0 saturated carbocycles. The summed E-state index contributed by atoms with van der Waals surface area (Å²) < 4.78 is 32.2. The average molecular weight is 321 g/mol. The van der Waals surface area contributed by atoms with Gasteiger partial charge < -0.3 is 15.1 Å². The standard InChI is InChI=1S/C16H17F2N3O2/c1-16(2,19)15(22)21-4-3-13-12(8-21)20-14(23-13)9-5-10(17)7-11(18)6-9/h5-7H,3-4,8,19H2,1-2H3. The number of hydrogen-bond donors (Lipinski definition) is 1. The van der Waals surface area contributed by atoms with Crippen molar-refractivity contribution in [2.75, 3.05) is 6.54 Å². The molecule has 0 aliphatic carbocycles. The molecule has 0 fully saturated rings. The summed E-state index contributed by atoms with van der Waals surface area (Å²) in [6.07, 6.45) is 0.488. The largest absolute Gasteiger partial charge is 0.441 e. The lowest BCUT2D eigenvalue weighted by Crippen LogP contribution is -2.52. The minimum Gasteiger partial charge on any atom is -0.441 e. The first kappa shape index (κ1) is 15.6. The van der Waals surface area contributed by atoms with Crippen LogP contribution < -0.4 is 5.73 Å². The second-order valence-electron chi connectivity index (χ2n) is 6.25. The molecule has 122 valence electrons. The quantitative estimate of drug-likeness (QED) is 0.921. The summed E-state index contributed by atoms with van der Waals surface area (Å²) in [7, 11) is 0. The first-order valence-corrected chi connectivity index (χ1v) is 7.27. The Morgan fingerprint density at radius 1 is 1.30 bits per heavy atom. The Hall–Kier alpha value is -2.28. The first-order valence-electron chi connectivity index (χ1n) is 7.27. The van der Waals surface area contributed by atoms with Crippen molar-refractivity contribution in [3.05, 3.63) is 41.3 Å². The van der Waals surface area contributed by atoms with Crippen molar-refractivity contribution in [2.24, 2.45) is 5.73 Å². The third-order valence-electron chi connectivity index (χ3n) is 3.68. The zero-order valence-corrected chi connectivity index (χ0v) is 12.9. The van der Waals surface area contributed by atoms with Crippen LogP contribution in [0.1, 0.15) is 25.3 Å². The highest BCUT2D eigenvalue weighted by Gasteiger charge is 2.32. The Kier molecular flexibility index (Phi) is 3.68. The number of benzene rings is 1. The highest BCUT2D eigenvalue weighted by atomic mass is 19.1. The molecule has 0 bridgehead atoms. The fourth-order valence-corrected chi connectivity index (χ4v) is 2.58. The zero-order valence-electron chi connectivity index (χ0n) is 12.9. The number of carbonyl (C=O) groups is 1. The van der Waals surface area contributed by atoms with Crippen LogP contribution in [-0.2, 0) is 17.8 Å². The number of aromatic nitrogens is 1. The summed E-state index contributed by atoms with van der Waals surface area (Å²) in [5.41, 5.74) is 5.70. The summed E-state index contributed by atoms with van der Waals surface area (Å²) in [5, 5.41) is 0. The highest BCUT2D eigenvalue weighted by molar-refractivity contribution is 5.85. The van der Waals surface area contributed by atoms with Gasteiger partial charge in [0, 0.05) is 24.6 Å². The van der Waals surface area contributed by atoms with Gasteiger partial charge >= 0.3 is 0 Å². The molecule has 0 unspecified atom stereocenters. The third-order valence-corrected chi connectivity index (χ3v) is 3.68. The molecule has 1 aromatic carbocycles. The molecule has 0 saturated heterocycles. The second kappa shape index (κ2) is 5.42. The predicted molar refractivity (Wildman–Crippen MR) is 79.2 cm³/mol. The van der Waals surface area contributed by atoms with E-state index in [4.69, 9.17) is 10.2 Å². The summed E-state index contributed by atoms with van der Waals surface area (Å²) in [6, 6.07) is 3.11. The number of fused-ring (bicyclic) bond motifs is 1. The SMILES string of the molecule is CC(C)(N)C(=O)N1CCc2oc(-c3cc(F)cc(F)c3)nc2C1. The van der Waals surface area contributed by atoms with Crippen LogP contribution in [0, 0.1) is 11.6 Å². The normalized spacial score (nSPS) is 14.7. The van der Waals surface area contributed by atoms with Gasteiger partial charge in [-0.3, -0.25) is 4.79 Å². The molecule has 1 aromatic heterocycles. The van der Waals surface area contributed by atoms with E-state index < -0.39 is 17.2 Å². The molecule has 1 amide bonds. The van der Waals surface area contributed by atoms with E-state index in [1.807, 2.05) is 0 Å². The average Bonchev–Trinajstić information content (AvgIpc) is 2.87. The summed E-state index contributed by atoms with van der Waals surface area (Å²) in [4.78, 5) is 18.1. The van der Waals surface area contributed by atoms with E-state index in [0.29, 0.717) is 24.4 Å². The Bertz CT molecular complexity index is 745. The minimum absolute atomic E-state index is 0.148. The number of nitrogens with zero attached hydrogens (tertiary/aromatic N) is 2. The third kappa shape index (κ3) is 3.10. The summed E-state index contributed by atoms with van der Waals surface area (Å²) in [6.45, 7) is 4.04. The van der Waals surface area contributed by atoms with Gasteiger partial charge in [-0.15, -0.1) is 0 Å². The lowest BCUT2D eigenvalue weighted by Gasteiger charge is -2.31. The number of carbonyl (C=O) groups excluding carboxylic acids is 1. The van der Waals surface area contributed by atoms with E-state index in [-0.39, 0.29) is 23.9 Å². The molecule has 0 spiro atoms. The molecule has 3 rings (SSSR count). The molecule has 1 aliphatic heterocycles. The van der Waals surface area contributed by atoms with E-state index in [1.54, 1.807) is 18.7 Å². The molecule has 0 radical (unpaired) electrons. The van der Waals surface area contributed by atoms with Gasteiger partial charge in [-0.1, -0.05) is 0 Å². The van der Waals surface area contributed by atoms with E-state index in [1.165, 1.54) is 0 Å². The lowest BCUT2D eigenvalue weighted by molar-refractivity contribution is -0.136. The maximum absolute atomic E-state index is 13.3. The summed E-state index contributed by atoms with van der Waals surface area (Å²) >= 11 is 0. The van der Waals surface area contributed by atoms with Gasteiger partial charge in [0.05, 0.1) is 12.1 Å². The van der Waals surface area contributed by atoms with Gasteiger partial charge in [-0.2, -0.15) is 0 Å². The van der Waals surface area contributed by atoms with Gasteiger partial charge in [-0.25, -0.2) is 13.8 Å². The zero-order chi connectivity index (χ0) is 16.8. The van der Waals surface area contributed by atoms with Crippen LogP contribution in [0.15, 0.2) is 22.6 Å². The van der Waals surface area contributed by atoms with Crippen molar-refractivity contribution < 1.29 is 18.0 Å². The van der Waals surface area contributed by atoms with Gasteiger partial charge in [0.25, 0.3) is 0 Å². The second-order valence-corrected chi connectivity index (χ2v) is 6.25. The Morgan fingerprint density at radius 2 is 1.96 bits per heavy atom. The van der Waals surface area contributed by atoms with E-state index in [9.17, 15) is 13.6 Å². The summed E-state index contributed by atoms with van der Waals surface area (Å²) in [5.74, 6) is -0.793. The van der Waals surface area contributed by atoms with Crippen molar-refractivity contribution in [3.63, 3.8) is 0 Å². The van der Waals surface area contributed by atoms with Crippen LogP contribution in [0.5, 0.6) is 0 Å². The van der Waals surface area contributed by atoms with Gasteiger partial charge in [0.2, 0.25) is 11.8 Å². The Labute approximate surface area is 132 Å². The van der Waals surface area contributed by atoms with Crippen molar-refractivity contribution in [1.29, 1.82) is 0 Å². The number of amides is 1. The maximum atomic E-state index is 13.3. The molecule has 1 aliphatic rings. The predicted octanol–water partition coefficient (Wildman–Crippen LogP) is 2.24. The van der Waals surface area contributed by atoms with Crippen LogP contribution in [0.2, 0.25) is 0 Å². The molecule has 7 heteroatoms.